The fourth-order valence-electron chi connectivity index (χ4n) is 9.18. The van der Waals surface area contributed by atoms with Crippen LogP contribution in [-0.4, -0.2) is 14.5 Å². The van der Waals surface area contributed by atoms with E-state index in [2.05, 4.69) is 158 Å². The molecule has 0 saturated carbocycles. The van der Waals surface area contributed by atoms with Gasteiger partial charge in [0, 0.05) is 50.9 Å². The summed E-state index contributed by atoms with van der Waals surface area (Å²) >= 11 is 0. The molecule has 2 aliphatic carbocycles. The predicted octanol–water partition coefficient (Wildman–Crippen LogP) is 12.5. The van der Waals surface area contributed by atoms with Crippen LogP contribution >= 0.6 is 0 Å². The van der Waals surface area contributed by atoms with Crippen LogP contribution in [0.4, 0.5) is 0 Å². The van der Waals surface area contributed by atoms with E-state index in [0.717, 1.165) is 34.6 Å². The van der Waals surface area contributed by atoms with E-state index < -0.39 is 0 Å². The number of rotatable bonds is 3. The summed E-state index contributed by atoms with van der Waals surface area (Å²) in [4.78, 5) is 9.57. The molecule has 3 nitrogen and oxygen atoms in total. The molecule has 0 fully saturated rings. The summed E-state index contributed by atoms with van der Waals surface area (Å²) in [6, 6.07) is 47.4. The molecule has 0 aliphatic heterocycles. The van der Waals surface area contributed by atoms with Crippen LogP contribution < -0.4 is 0 Å². The molecule has 0 unspecified atom stereocenters. The van der Waals surface area contributed by atoms with Gasteiger partial charge in [-0.1, -0.05) is 117 Å². The van der Waals surface area contributed by atoms with Crippen molar-refractivity contribution in [3.63, 3.8) is 0 Å². The molecule has 52 heavy (non-hydrogen) atoms. The summed E-state index contributed by atoms with van der Waals surface area (Å²) in [5.74, 6) is 0. The highest BCUT2D eigenvalue weighted by Gasteiger charge is 2.36. The Labute approximate surface area is 302 Å². The molecule has 0 N–H and O–H groups in total. The lowest BCUT2D eigenvalue weighted by Gasteiger charge is -2.23. The summed E-state index contributed by atoms with van der Waals surface area (Å²) < 4.78 is 2.46. The fourth-order valence-corrected chi connectivity index (χ4v) is 9.18. The van der Waals surface area contributed by atoms with E-state index >= 15 is 0 Å². The maximum absolute atomic E-state index is 4.82. The van der Waals surface area contributed by atoms with Crippen LogP contribution in [0.3, 0.4) is 0 Å². The van der Waals surface area contributed by atoms with Crippen LogP contribution in [0.5, 0.6) is 0 Å². The van der Waals surface area contributed by atoms with Crippen LogP contribution in [-0.2, 0) is 11.8 Å². The zero-order valence-electron chi connectivity index (χ0n) is 29.2. The van der Waals surface area contributed by atoms with E-state index in [4.69, 9.17) is 9.97 Å². The van der Waals surface area contributed by atoms with Crippen molar-refractivity contribution in [3.8, 4) is 39.1 Å². The van der Waals surface area contributed by atoms with Crippen molar-refractivity contribution < 1.29 is 0 Å². The summed E-state index contributed by atoms with van der Waals surface area (Å²) in [5.41, 5.74) is 17.4. The first-order valence-electron chi connectivity index (χ1n) is 18.3. The number of aromatic nitrogens is 3. The molecule has 9 aromatic rings. The van der Waals surface area contributed by atoms with Crippen molar-refractivity contribution in [2.45, 2.75) is 32.1 Å². The summed E-state index contributed by atoms with van der Waals surface area (Å²) in [6.07, 6.45) is 10.4. The molecule has 7 aromatic carbocycles. The molecule has 2 aromatic heterocycles. The van der Waals surface area contributed by atoms with E-state index in [9.17, 15) is 0 Å². The number of hydrogen-bond acceptors (Lipinski definition) is 2. The average Bonchev–Trinajstić information content (AvgIpc) is 3.66. The van der Waals surface area contributed by atoms with Crippen molar-refractivity contribution in [1.82, 2.24) is 14.5 Å². The maximum atomic E-state index is 4.82. The number of benzene rings is 7. The lowest BCUT2D eigenvalue weighted by atomic mass is 9.80. The topological polar surface area (TPSA) is 30.7 Å². The normalized spacial score (nSPS) is 14.3. The number of fused-ring (bicyclic) bond motifs is 12. The van der Waals surface area contributed by atoms with E-state index in [1.54, 1.807) is 12.4 Å². The minimum Gasteiger partial charge on any atom is -0.313 e. The second-order valence-electron chi connectivity index (χ2n) is 14.9. The van der Waals surface area contributed by atoms with Crippen molar-refractivity contribution >= 4 is 49.6 Å². The first-order chi connectivity index (χ1) is 25.5. The van der Waals surface area contributed by atoms with E-state index in [0.29, 0.717) is 0 Å². The molecule has 11 rings (SSSR count). The Morgan fingerprint density at radius 3 is 1.87 bits per heavy atom. The van der Waals surface area contributed by atoms with Gasteiger partial charge in [0.25, 0.3) is 0 Å². The van der Waals surface area contributed by atoms with Gasteiger partial charge in [0.2, 0.25) is 0 Å². The van der Waals surface area contributed by atoms with Crippen molar-refractivity contribution in [2.24, 2.45) is 0 Å². The van der Waals surface area contributed by atoms with Gasteiger partial charge in [-0.2, -0.15) is 0 Å². The van der Waals surface area contributed by atoms with Crippen LogP contribution in [0, 0.1) is 0 Å². The van der Waals surface area contributed by atoms with Crippen LogP contribution in [0.2, 0.25) is 0 Å². The van der Waals surface area contributed by atoms with Crippen molar-refractivity contribution in [2.75, 3.05) is 0 Å². The van der Waals surface area contributed by atoms with Gasteiger partial charge in [-0.05, 0) is 105 Å². The molecule has 2 aliphatic rings. The predicted molar refractivity (Wildman–Crippen MR) is 217 cm³/mol. The molecule has 0 spiro atoms. The molecule has 0 radical (unpaired) electrons. The smallest absolute Gasteiger partial charge is 0.0971 e. The highest BCUT2D eigenvalue weighted by atomic mass is 15.0. The Kier molecular flexibility index (Phi) is 6.13. The highest BCUT2D eigenvalue weighted by Crippen LogP contribution is 2.51. The third kappa shape index (κ3) is 4.14. The van der Waals surface area contributed by atoms with Crippen LogP contribution in [0.1, 0.15) is 42.7 Å². The molecular formula is C49H35N3. The first kappa shape index (κ1) is 29.4. The van der Waals surface area contributed by atoms with E-state index in [-0.39, 0.29) is 5.41 Å². The minimum absolute atomic E-state index is 0.140. The molecule has 2 heterocycles. The van der Waals surface area contributed by atoms with E-state index in [1.807, 2.05) is 0 Å². The third-order valence-electron chi connectivity index (χ3n) is 11.8. The molecule has 0 amide bonds. The number of allylic oxidation sites excluding steroid dienone is 1. The van der Waals surface area contributed by atoms with Gasteiger partial charge >= 0.3 is 0 Å². The van der Waals surface area contributed by atoms with Gasteiger partial charge in [0.1, 0.15) is 0 Å². The molecular weight excluding hydrogens is 631 g/mol. The van der Waals surface area contributed by atoms with Crippen molar-refractivity contribution in [3.05, 3.63) is 168 Å². The Balaban J connectivity index is 0.964. The zero-order chi connectivity index (χ0) is 34.6. The SMILES string of the molecule is CC1(C)c2cc(-c3ccc(-n4c5c(c6ccccc64)C=CCC5)cc3)ccc2-c2ccc(-c3ccc4c5ccccc5c5nccnc5c4c3)cc21. The first-order valence-corrected chi connectivity index (χ1v) is 18.3. The Bertz CT molecular complexity index is 2940. The summed E-state index contributed by atoms with van der Waals surface area (Å²) in [6.45, 7) is 4.75. The molecule has 0 saturated heterocycles. The summed E-state index contributed by atoms with van der Waals surface area (Å²) in [5, 5.41) is 6.03. The number of para-hydroxylation sites is 1. The molecule has 0 bridgehead atoms. The maximum Gasteiger partial charge on any atom is 0.0971 e. The second kappa shape index (κ2) is 10.8. The lowest BCUT2D eigenvalue weighted by molar-refractivity contribution is 0.661. The van der Waals surface area contributed by atoms with Gasteiger partial charge in [0.15, 0.2) is 0 Å². The molecule has 246 valence electrons. The summed E-state index contributed by atoms with van der Waals surface area (Å²) in [7, 11) is 0. The molecule has 0 atom stereocenters. The monoisotopic (exact) mass is 665 g/mol. The number of hydrogen-bond donors (Lipinski definition) is 0. The van der Waals surface area contributed by atoms with Gasteiger partial charge in [-0.15, -0.1) is 0 Å². The van der Waals surface area contributed by atoms with Gasteiger partial charge in [-0.25, -0.2) is 0 Å². The quantitative estimate of drug-likeness (QED) is 0.176. The Morgan fingerprint density at radius 1 is 0.538 bits per heavy atom. The van der Waals surface area contributed by atoms with Gasteiger partial charge in [-0.3, -0.25) is 9.97 Å². The molecule has 3 heteroatoms. The Morgan fingerprint density at radius 2 is 1.12 bits per heavy atom. The highest BCUT2D eigenvalue weighted by molar-refractivity contribution is 6.23. The zero-order valence-corrected chi connectivity index (χ0v) is 29.2. The van der Waals surface area contributed by atoms with Gasteiger partial charge in [0.05, 0.1) is 16.6 Å². The minimum atomic E-state index is -0.140. The largest absolute Gasteiger partial charge is 0.313 e. The lowest BCUT2D eigenvalue weighted by Crippen LogP contribution is -2.15. The van der Waals surface area contributed by atoms with Crippen LogP contribution in [0.25, 0.3) is 88.6 Å². The standard InChI is InChI=1S/C49H35N3/c1-49(2)43-28-32(30-15-20-34(21-16-30)52-45-13-7-5-10-39(45)40-11-6-8-14-46(40)52)18-23-37(43)38-24-19-33(29-44(38)49)31-17-22-36-35-9-3-4-12-41(35)47-48(42(36)27-31)51-26-25-50-47/h3-7,9-13,15-29H,8,14H2,1-2H3. The third-order valence-corrected chi connectivity index (χ3v) is 11.8. The number of nitrogens with zero attached hydrogens (tertiary/aromatic N) is 3. The average molecular weight is 666 g/mol. The fraction of sp³-hybridized carbons (Fsp3) is 0.102. The Hall–Kier alpha value is -6.32. The van der Waals surface area contributed by atoms with Gasteiger partial charge < -0.3 is 4.57 Å². The van der Waals surface area contributed by atoms with Crippen molar-refractivity contribution in [1.29, 1.82) is 0 Å². The van der Waals surface area contributed by atoms with Crippen LogP contribution in [0.15, 0.2) is 146 Å². The van der Waals surface area contributed by atoms with E-state index in [1.165, 1.54) is 83.1 Å². The second-order valence-corrected chi connectivity index (χ2v) is 14.9.